The van der Waals surface area contributed by atoms with Crippen LogP contribution in [0.4, 0.5) is 5.69 Å². The van der Waals surface area contributed by atoms with Gasteiger partial charge in [-0.3, -0.25) is 24.6 Å². The lowest BCUT2D eigenvalue weighted by Gasteiger charge is -2.34. The highest BCUT2D eigenvalue weighted by Crippen LogP contribution is 2.31. The zero-order valence-electron chi connectivity index (χ0n) is 19.2. The SMILES string of the molecule is CCC(CCCC(NC1COc2ccccc2N(CC(=O)O)C1=O)C(=O)O)N1CCCCC1. The summed E-state index contributed by atoms with van der Waals surface area (Å²) in [4.78, 5) is 40.2. The Morgan fingerprint density at radius 2 is 1.88 bits per heavy atom. The molecule has 1 fully saturated rings. The van der Waals surface area contributed by atoms with E-state index in [0.717, 1.165) is 37.3 Å². The zero-order valence-corrected chi connectivity index (χ0v) is 19.2. The Kier molecular flexibility index (Phi) is 9.08. The minimum Gasteiger partial charge on any atom is -0.489 e. The number of para-hydroxylation sites is 2. The van der Waals surface area contributed by atoms with E-state index < -0.39 is 36.5 Å². The Bertz CT molecular complexity index is 826. The largest absolute Gasteiger partial charge is 0.489 e. The second-order valence-electron chi connectivity index (χ2n) is 8.80. The van der Waals surface area contributed by atoms with Crippen molar-refractivity contribution in [3.63, 3.8) is 0 Å². The lowest BCUT2D eigenvalue weighted by molar-refractivity contribution is -0.141. The maximum atomic E-state index is 13.2. The van der Waals surface area contributed by atoms with Crippen LogP contribution in [-0.4, -0.2) is 77.3 Å². The predicted molar refractivity (Wildman–Crippen MR) is 124 cm³/mol. The number of carboxylic acid groups (broad SMARTS) is 2. The Balaban J connectivity index is 1.64. The number of carbonyl (C=O) groups is 3. The number of likely N-dealkylation sites (tertiary alicyclic amines) is 1. The zero-order chi connectivity index (χ0) is 23.8. The molecule has 0 radical (unpaired) electrons. The van der Waals surface area contributed by atoms with Crippen LogP contribution >= 0.6 is 0 Å². The number of amides is 1. The Labute approximate surface area is 194 Å². The highest BCUT2D eigenvalue weighted by molar-refractivity contribution is 6.02. The number of piperidine rings is 1. The summed E-state index contributed by atoms with van der Waals surface area (Å²) in [7, 11) is 0. The Hall–Kier alpha value is -2.65. The molecule has 0 aliphatic carbocycles. The first-order valence-electron chi connectivity index (χ1n) is 11.9. The van der Waals surface area contributed by atoms with E-state index in [2.05, 4.69) is 17.1 Å². The molecule has 0 spiro atoms. The Morgan fingerprint density at radius 3 is 2.55 bits per heavy atom. The molecule has 9 nitrogen and oxygen atoms in total. The molecule has 1 aromatic carbocycles. The first-order chi connectivity index (χ1) is 15.9. The predicted octanol–water partition coefficient (Wildman–Crippen LogP) is 2.34. The second-order valence-corrected chi connectivity index (χ2v) is 8.80. The van der Waals surface area contributed by atoms with Crippen LogP contribution in [0.1, 0.15) is 51.9 Å². The number of carbonyl (C=O) groups excluding carboxylic acids is 1. The molecule has 0 bridgehead atoms. The molecule has 0 aromatic heterocycles. The normalized spacial score (nSPS) is 20.9. The molecule has 1 aromatic rings. The molecule has 2 aliphatic heterocycles. The van der Waals surface area contributed by atoms with Gasteiger partial charge in [0, 0.05) is 6.04 Å². The number of ether oxygens (including phenoxy) is 1. The molecule has 3 N–H and O–H groups in total. The van der Waals surface area contributed by atoms with Gasteiger partial charge in [-0.1, -0.05) is 25.5 Å². The minimum atomic E-state index is -1.16. The van der Waals surface area contributed by atoms with E-state index in [-0.39, 0.29) is 6.61 Å². The van der Waals surface area contributed by atoms with Gasteiger partial charge >= 0.3 is 11.9 Å². The smallest absolute Gasteiger partial charge is 0.323 e. The lowest BCUT2D eigenvalue weighted by atomic mass is 9.99. The molecule has 182 valence electrons. The molecule has 33 heavy (non-hydrogen) atoms. The lowest BCUT2D eigenvalue weighted by Crippen LogP contribution is -2.54. The summed E-state index contributed by atoms with van der Waals surface area (Å²) in [5.41, 5.74) is 0.369. The molecule has 9 heteroatoms. The minimum absolute atomic E-state index is 0.0683. The molecule has 1 saturated heterocycles. The van der Waals surface area contributed by atoms with Gasteiger partial charge in [-0.25, -0.2) is 0 Å². The molecule has 0 saturated carbocycles. The molecule has 3 rings (SSSR count). The summed E-state index contributed by atoms with van der Waals surface area (Å²) >= 11 is 0. The molecule has 2 aliphatic rings. The number of benzene rings is 1. The summed E-state index contributed by atoms with van der Waals surface area (Å²) in [6, 6.07) is 5.30. The van der Waals surface area contributed by atoms with Crippen molar-refractivity contribution in [2.45, 2.75) is 70.0 Å². The van der Waals surface area contributed by atoms with Crippen LogP contribution in [0.25, 0.3) is 0 Å². The van der Waals surface area contributed by atoms with Crippen molar-refractivity contribution in [1.82, 2.24) is 10.2 Å². The third-order valence-corrected chi connectivity index (χ3v) is 6.53. The monoisotopic (exact) mass is 461 g/mol. The number of aliphatic carboxylic acids is 2. The standard InChI is InChI=1S/C24H35N3O6/c1-2-17(26-13-6-3-7-14-26)9-8-10-18(24(31)32)25-19-16-33-21-12-5-4-11-20(21)27(23(19)30)15-22(28)29/h4-5,11-12,17-19,25H,2-3,6-10,13-16H2,1H3,(H,28,29)(H,31,32). The van der Waals surface area contributed by atoms with Crippen molar-refractivity contribution in [2.75, 3.05) is 31.1 Å². The van der Waals surface area contributed by atoms with Crippen molar-refractivity contribution in [1.29, 1.82) is 0 Å². The number of rotatable bonds is 11. The van der Waals surface area contributed by atoms with E-state index in [4.69, 9.17) is 4.74 Å². The topological polar surface area (TPSA) is 119 Å². The molecular weight excluding hydrogens is 426 g/mol. The van der Waals surface area contributed by atoms with E-state index in [0.29, 0.717) is 23.9 Å². The van der Waals surface area contributed by atoms with Crippen LogP contribution in [-0.2, 0) is 14.4 Å². The fraction of sp³-hybridized carbons (Fsp3) is 0.625. The maximum Gasteiger partial charge on any atom is 0.323 e. The van der Waals surface area contributed by atoms with Crippen molar-refractivity contribution in [3.8, 4) is 5.75 Å². The summed E-state index contributed by atoms with van der Waals surface area (Å²) < 4.78 is 5.75. The molecule has 2 heterocycles. The van der Waals surface area contributed by atoms with Gasteiger partial charge < -0.3 is 19.8 Å². The van der Waals surface area contributed by atoms with E-state index in [1.54, 1.807) is 24.3 Å². The van der Waals surface area contributed by atoms with Crippen LogP contribution in [0.2, 0.25) is 0 Å². The van der Waals surface area contributed by atoms with Crippen LogP contribution < -0.4 is 15.0 Å². The Morgan fingerprint density at radius 1 is 1.15 bits per heavy atom. The highest BCUT2D eigenvalue weighted by atomic mass is 16.5. The third-order valence-electron chi connectivity index (χ3n) is 6.53. The van der Waals surface area contributed by atoms with Gasteiger partial charge in [-0.2, -0.15) is 0 Å². The average Bonchev–Trinajstić information content (AvgIpc) is 2.93. The van der Waals surface area contributed by atoms with Gasteiger partial charge in [-0.15, -0.1) is 0 Å². The van der Waals surface area contributed by atoms with E-state index in [9.17, 15) is 24.6 Å². The fourth-order valence-corrected chi connectivity index (χ4v) is 4.78. The molecule has 1 amide bonds. The summed E-state index contributed by atoms with van der Waals surface area (Å²) in [5, 5.41) is 22.0. The van der Waals surface area contributed by atoms with Crippen LogP contribution in [0, 0.1) is 0 Å². The number of anilines is 1. The first kappa shape index (κ1) is 25.0. The van der Waals surface area contributed by atoms with Gasteiger partial charge in [0.1, 0.15) is 31.0 Å². The number of hydrogen-bond donors (Lipinski definition) is 3. The number of nitrogens with one attached hydrogen (secondary N) is 1. The maximum absolute atomic E-state index is 13.2. The van der Waals surface area contributed by atoms with Crippen molar-refractivity contribution >= 4 is 23.5 Å². The van der Waals surface area contributed by atoms with Gasteiger partial charge in [0.25, 0.3) is 0 Å². The second kappa shape index (κ2) is 12.0. The summed E-state index contributed by atoms with van der Waals surface area (Å²) in [6.07, 6.45) is 6.76. The fourth-order valence-electron chi connectivity index (χ4n) is 4.78. The first-order valence-corrected chi connectivity index (χ1v) is 11.9. The quantitative estimate of drug-likeness (QED) is 0.459. The molecule has 3 unspecified atom stereocenters. The van der Waals surface area contributed by atoms with Gasteiger partial charge in [-0.05, 0) is 63.7 Å². The van der Waals surface area contributed by atoms with Gasteiger partial charge in [0.2, 0.25) is 5.91 Å². The van der Waals surface area contributed by atoms with Crippen LogP contribution in [0.15, 0.2) is 24.3 Å². The van der Waals surface area contributed by atoms with E-state index >= 15 is 0 Å². The van der Waals surface area contributed by atoms with E-state index in [1.165, 1.54) is 19.3 Å². The third kappa shape index (κ3) is 6.68. The summed E-state index contributed by atoms with van der Waals surface area (Å²) in [5.74, 6) is -2.29. The number of carboxylic acids is 2. The van der Waals surface area contributed by atoms with E-state index in [1.807, 2.05) is 0 Å². The molecular formula is C24H35N3O6. The van der Waals surface area contributed by atoms with Crippen LogP contribution in [0.3, 0.4) is 0 Å². The van der Waals surface area contributed by atoms with Crippen molar-refractivity contribution in [3.05, 3.63) is 24.3 Å². The highest BCUT2D eigenvalue weighted by Gasteiger charge is 2.35. The molecule has 3 atom stereocenters. The number of fused-ring (bicyclic) bond motifs is 1. The van der Waals surface area contributed by atoms with Gasteiger partial charge in [0.15, 0.2) is 0 Å². The van der Waals surface area contributed by atoms with Crippen molar-refractivity contribution < 1.29 is 29.3 Å². The summed E-state index contributed by atoms with van der Waals surface area (Å²) in [6.45, 7) is 3.78. The number of nitrogens with zero attached hydrogens (tertiary/aromatic N) is 2. The number of hydrogen-bond acceptors (Lipinski definition) is 6. The average molecular weight is 462 g/mol. The van der Waals surface area contributed by atoms with Gasteiger partial charge in [0.05, 0.1) is 5.69 Å². The van der Waals surface area contributed by atoms with Crippen molar-refractivity contribution in [2.24, 2.45) is 0 Å². The van der Waals surface area contributed by atoms with Crippen LogP contribution in [0.5, 0.6) is 5.75 Å².